The molecule has 1 saturated heterocycles. The van der Waals surface area contributed by atoms with E-state index in [2.05, 4.69) is 32.4 Å². The van der Waals surface area contributed by atoms with Crippen molar-refractivity contribution >= 4 is 34.6 Å². The van der Waals surface area contributed by atoms with Crippen LogP contribution >= 0.6 is 12.2 Å². The number of hydrogen-bond acceptors (Lipinski definition) is 12. The number of azide groups is 1. The van der Waals surface area contributed by atoms with Crippen molar-refractivity contribution in [1.82, 2.24) is 10.7 Å². The van der Waals surface area contributed by atoms with Gasteiger partial charge in [0.15, 0.2) is 17.2 Å². The number of nitrogens with one attached hydrogen (secondary N) is 2. The van der Waals surface area contributed by atoms with E-state index in [9.17, 15) is 30.0 Å². The average molecular weight is 667 g/mol. The number of methoxy groups -OCH3 is 1. The Morgan fingerprint density at radius 3 is 2.66 bits per heavy atom. The quantitative estimate of drug-likeness (QED) is 0.0298. The van der Waals surface area contributed by atoms with Gasteiger partial charge in [-0.2, -0.15) is 5.10 Å². The molecule has 0 spiro atoms. The molecule has 16 heteroatoms. The van der Waals surface area contributed by atoms with Gasteiger partial charge < -0.3 is 40.0 Å². The van der Waals surface area contributed by atoms with Gasteiger partial charge in [-0.25, -0.2) is 0 Å². The number of hydrazone groups is 1. The first kappa shape index (κ1) is 33.8. The number of carbonyl (C=O) groups excluding carboxylic acids is 2. The number of rotatable bonds is 8. The number of fused-ring (bicyclic) bond motifs is 3. The van der Waals surface area contributed by atoms with E-state index in [4.69, 9.17) is 32.0 Å². The van der Waals surface area contributed by atoms with Crippen LogP contribution in [0.4, 0.5) is 0 Å². The summed E-state index contributed by atoms with van der Waals surface area (Å²) >= 11 is 5.20. The van der Waals surface area contributed by atoms with E-state index in [0.717, 1.165) is 0 Å². The fraction of sp³-hybridized carbons (Fsp3) is 0.419. The van der Waals surface area contributed by atoms with Crippen LogP contribution in [0.2, 0.25) is 0 Å². The van der Waals surface area contributed by atoms with E-state index < -0.39 is 70.4 Å². The number of aliphatic hydroxyl groups is 2. The Labute approximate surface area is 274 Å². The fourth-order valence-corrected chi connectivity index (χ4v) is 6.36. The van der Waals surface area contributed by atoms with E-state index in [0.29, 0.717) is 6.54 Å². The molecule has 2 aromatic carbocycles. The number of aromatic hydroxyl groups is 2. The van der Waals surface area contributed by atoms with Crippen molar-refractivity contribution in [3.63, 3.8) is 0 Å². The summed E-state index contributed by atoms with van der Waals surface area (Å²) < 4.78 is 17.5. The normalized spacial score (nSPS) is 26.7. The molecule has 6 N–H and O–H groups in total. The standard InChI is InChI=1S/C31H34N6O9S/c1-5-9-33-30(47)36-34-14(3)31(43)11-16-22(19(12-31)46-20-10-17(35-37-32)25(38)13(2)45-20)29(42)24-23(27(16)40)26(39)15-7-6-8-18(44-4)21(15)28(24)41/h5-8,13,17,19-20,25,38,40,42-43H,1,9-12H2,2-4H3,(H2,33,36,47)/b34-14+/t13-,17-,19-,20-,25+,31-/m0/s1. The number of aliphatic hydroxyl groups excluding tert-OH is 1. The maximum Gasteiger partial charge on any atom is 0.202 e. The van der Waals surface area contributed by atoms with Gasteiger partial charge in [0.05, 0.1) is 53.9 Å². The summed E-state index contributed by atoms with van der Waals surface area (Å²) in [6, 6.07) is 3.53. The lowest BCUT2D eigenvalue weighted by Gasteiger charge is -2.42. The monoisotopic (exact) mass is 666 g/mol. The summed E-state index contributed by atoms with van der Waals surface area (Å²) in [4.78, 5) is 30.5. The smallest absolute Gasteiger partial charge is 0.202 e. The summed E-state index contributed by atoms with van der Waals surface area (Å²) in [6.07, 6.45) is -3.43. The molecular formula is C31H34N6O9S. The van der Waals surface area contributed by atoms with Crippen molar-refractivity contribution in [2.75, 3.05) is 13.7 Å². The maximum atomic E-state index is 13.9. The number of carbonyl (C=O) groups is 2. The molecule has 15 nitrogen and oxygen atoms in total. The lowest BCUT2D eigenvalue weighted by Crippen LogP contribution is -2.49. The van der Waals surface area contributed by atoms with Gasteiger partial charge in [-0.3, -0.25) is 15.0 Å². The highest BCUT2D eigenvalue weighted by Gasteiger charge is 2.49. The molecule has 0 saturated carbocycles. The van der Waals surface area contributed by atoms with Crippen LogP contribution in [-0.4, -0.2) is 86.6 Å². The molecule has 1 aliphatic heterocycles. The number of thiocarbonyl (C=S) groups is 1. The first-order valence-electron chi connectivity index (χ1n) is 14.7. The third-order valence-corrected chi connectivity index (χ3v) is 8.91. The van der Waals surface area contributed by atoms with Gasteiger partial charge in [0, 0.05) is 47.4 Å². The van der Waals surface area contributed by atoms with Crippen LogP contribution in [-0.2, 0) is 15.9 Å². The van der Waals surface area contributed by atoms with Gasteiger partial charge in [-0.15, -0.1) is 6.58 Å². The second kappa shape index (κ2) is 13.3. The minimum Gasteiger partial charge on any atom is -0.507 e. The molecule has 47 heavy (non-hydrogen) atoms. The first-order chi connectivity index (χ1) is 22.4. The Hall–Kier alpha value is -4.57. The largest absolute Gasteiger partial charge is 0.507 e. The van der Waals surface area contributed by atoms with Crippen LogP contribution in [0.3, 0.4) is 0 Å². The molecule has 1 fully saturated rings. The molecular weight excluding hydrogens is 632 g/mol. The van der Waals surface area contributed by atoms with Gasteiger partial charge in [0.1, 0.15) is 22.8 Å². The van der Waals surface area contributed by atoms with Crippen LogP contribution in [0.15, 0.2) is 41.1 Å². The van der Waals surface area contributed by atoms with Gasteiger partial charge in [0.25, 0.3) is 0 Å². The minimum absolute atomic E-state index is 0.0231. The minimum atomic E-state index is -1.84. The molecule has 0 radical (unpaired) electrons. The number of ketones is 2. The highest BCUT2D eigenvalue weighted by molar-refractivity contribution is 7.80. The van der Waals surface area contributed by atoms with Crippen LogP contribution in [0.1, 0.15) is 75.8 Å². The Kier molecular flexibility index (Phi) is 9.54. The van der Waals surface area contributed by atoms with Crippen molar-refractivity contribution < 1.29 is 44.2 Å². The molecule has 3 aliphatic rings. The second-order valence-corrected chi connectivity index (χ2v) is 11.9. The molecule has 248 valence electrons. The molecule has 0 bridgehead atoms. The fourth-order valence-electron chi connectivity index (χ4n) is 6.23. The Balaban J connectivity index is 1.64. The predicted octanol–water partition coefficient (Wildman–Crippen LogP) is 2.82. The maximum absolute atomic E-state index is 13.9. The molecule has 2 aliphatic carbocycles. The van der Waals surface area contributed by atoms with Crippen molar-refractivity contribution in [1.29, 1.82) is 0 Å². The topological polar surface area (TPSA) is 228 Å². The van der Waals surface area contributed by atoms with Gasteiger partial charge in [-0.1, -0.05) is 23.3 Å². The van der Waals surface area contributed by atoms with E-state index in [1.165, 1.54) is 32.2 Å². The third-order valence-electron chi connectivity index (χ3n) is 8.67. The molecule has 5 rings (SSSR count). The van der Waals surface area contributed by atoms with E-state index >= 15 is 0 Å². The number of phenolic OH excluding ortho intramolecular Hbond substituents is 2. The highest BCUT2D eigenvalue weighted by atomic mass is 32.1. The number of hydrogen-bond donors (Lipinski definition) is 6. The number of ether oxygens (including phenoxy) is 3. The van der Waals surface area contributed by atoms with Crippen LogP contribution < -0.4 is 15.5 Å². The third kappa shape index (κ3) is 6.02. The first-order valence-corrected chi connectivity index (χ1v) is 15.1. The summed E-state index contributed by atoms with van der Waals surface area (Å²) in [7, 11) is 1.34. The van der Waals surface area contributed by atoms with E-state index in [1.54, 1.807) is 13.0 Å². The predicted molar refractivity (Wildman–Crippen MR) is 172 cm³/mol. The molecule has 0 aromatic heterocycles. The van der Waals surface area contributed by atoms with Gasteiger partial charge in [-0.05, 0) is 37.7 Å². The summed E-state index contributed by atoms with van der Waals surface area (Å²) in [6.45, 7) is 7.05. The molecule has 0 unspecified atom stereocenters. The summed E-state index contributed by atoms with van der Waals surface area (Å²) in [5.41, 5.74) is 8.89. The summed E-state index contributed by atoms with van der Waals surface area (Å²) in [5, 5.41) is 56.8. The number of phenols is 2. The van der Waals surface area contributed by atoms with Crippen molar-refractivity contribution in [2.24, 2.45) is 10.2 Å². The second-order valence-electron chi connectivity index (χ2n) is 11.5. The molecule has 2 aromatic rings. The zero-order valence-corrected chi connectivity index (χ0v) is 26.6. The Morgan fingerprint density at radius 1 is 1.26 bits per heavy atom. The van der Waals surface area contributed by atoms with Crippen molar-refractivity contribution in [3.8, 4) is 17.2 Å². The average Bonchev–Trinajstić information content (AvgIpc) is 3.04. The van der Waals surface area contributed by atoms with Gasteiger partial charge >= 0.3 is 0 Å². The van der Waals surface area contributed by atoms with E-state index in [1.807, 2.05) is 0 Å². The van der Waals surface area contributed by atoms with E-state index in [-0.39, 0.29) is 58.1 Å². The Morgan fingerprint density at radius 2 is 1.98 bits per heavy atom. The lowest BCUT2D eigenvalue weighted by atomic mass is 9.72. The molecule has 1 heterocycles. The van der Waals surface area contributed by atoms with Gasteiger partial charge in [0.2, 0.25) is 5.78 Å². The zero-order chi connectivity index (χ0) is 34.2. The van der Waals surface area contributed by atoms with Crippen molar-refractivity contribution in [2.45, 2.75) is 69.4 Å². The number of nitrogens with zero attached hydrogens (tertiary/aromatic N) is 4. The number of benzene rings is 2. The van der Waals surface area contributed by atoms with Crippen molar-refractivity contribution in [3.05, 3.63) is 74.7 Å². The van der Waals surface area contributed by atoms with Crippen LogP contribution in [0.5, 0.6) is 17.2 Å². The summed E-state index contributed by atoms with van der Waals surface area (Å²) in [5.74, 6) is -2.60. The lowest BCUT2D eigenvalue weighted by molar-refractivity contribution is -0.245. The SMILES string of the molecule is C=CCNC(=S)N/N=C(\C)[C@]1(O)Cc2c(O)c3c(c(O)c2[C@@H](O[C@H]2C[C@H](N=[N+]=[N-])[C@H](O)[C@H](C)O2)C1)C(=O)c1c(OC)cccc1C3=O. The highest BCUT2D eigenvalue weighted by Crippen LogP contribution is 2.52. The molecule has 6 atom stereocenters. The molecule has 0 amide bonds. The van der Waals surface area contributed by atoms with Crippen LogP contribution in [0, 0.1) is 0 Å². The Bertz CT molecular complexity index is 1740. The zero-order valence-electron chi connectivity index (χ0n) is 25.8. The van der Waals surface area contributed by atoms with Crippen LogP contribution in [0.25, 0.3) is 10.4 Å².